The molecule has 0 aromatic carbocycles. The zero-order chi connectivity index (χ0) is 17.3. The van der Waals surface area contributed by atoms with E-state index in [1.165, 1.54) is 30.7 Å². The molecule has 0 bridgehead atoms. The fourth-order valence-corrected chi connectivity index (χ4v) is 1.34. The van der Waals surface area contributed by atoms with Gasteiger partial charge in [0, 0.05) is 21.1 Å². The first-order valence-electron chi connectivity index (χ1n) is 5.11. The summed E-state index contributed by atoms with van der Waals surface area (Å²) in [6.07, 6.45) is 0. The number of rotatable bonds is 4. The molecule has 0 amide bonds. The minimum atomic E-state index is 0. The normalized spacial score (nSPS) is 5.62. The first kappa shape index (κ1) is 49.7. The molecular formula is C13H20IMoNO5. The molecule has 0 aliphatic rings. The monoisotopic (exact) mass is 495 g/mol. The number of hydrogen-bond donors (Lipinski definition) is 0. The maximum Gasteiger partial charge on any atom is 0 e. The molecule has 0 saturated heterocycles. The van der Waals surface area contributed by atoms with Gasteiger partial charge in [-0.1, -0.05) is 0 Å². The van der Waals surface area contributed by atoms with Gasteiger partial charge in [-0.2, -0.15) is 0 Å². The van der Waals surface area contributed by atoms with Crippen molar-refractivity contribution >= 4 is 0 Å². The molecule has 0 rings (SSSR count). The number of nitrogens with zero attached hydrogens (tertiary/aromatic N) is 1. The number of hydrogen-bond acceptors (Lipinski definition) is 0. The van der Waals surface area contributed by atoms with Crippen LogP contribution in [0.25, 0.3) is 0 Å². The smallest absolute Gasteiger partial charge is 0 e. The predicted octanol–water partition coefficient (Wildman–Crippen LogP) is -1.30. The van der Waals surface area contributed by atoms with Crippen molar-refractivity contribution in [3.63, 3.8) is 0 Å². The van der Waals surface area contributed by atoms with Gasteiger partial charge in [0.05, 0.1) is 26.2 Å². The second-order valence-corrected chi connectivity index (χ2v) is 2.61. The summed E-state index contributed by atoms with van der Waals surface area (Å²) in [4.78, 5) is 0. The molecule has 0 saturated carbocycles. The minimum Gasteiger partial charge on any atom is -1.00 e. The molecule has 0 radical (unpaired) electrons. The molecule has 8 heteroatoms. The van der Waals surface area contributed by atoms with Crippen LogP contribution in [0.5, 0.6) is 0 Å². The van der Waals surface area contributed by atoms with E-state index in [0.717, 1.165) is 0 Å². The Hall–Kier alpha value is 0.0783. The first-order valence-corrected chi connectivity index (χ1v) is 5.11. The standard InChI is InChI=1S/C8H20N.5CO.HI.Mo/c1-5-9(6-2,7-3)8-4;5*1-2;;/h5-8H2,1-4H3;;;;;;1H;/q+1;;;;;;;/p-1. The third kappa shape index (κ3) is 45.0. The van der Waals surface area contributed by atoms with Gasteiger partial charge in [-0.3, -0.25) is 0 Å². The Bertz CT molecular complexity index is 183. The first-order chi connectivity index (χ1) is 9.24. The number of quaternary nitrogens is 1. The molecule has 120 valence electrons. The summed E-state index contributed by atoms with van der Waals surface area (Å²) < 4.78 is 38.8. The van der Waals surface area contributed by atoms with E-state index in [0.29, 0.717) is 0 Å². The van der Waals surface area contributed by atoms with Crippen molar-refractivity contribution in [1.29, 1.82) is 0 Å². The molecule has 0 aliphatic carbocycles. The molecule has 0 N–H and O–H groups in total. The Morgan fingerprint density at radius 3 is 0.619 bits per heavy atom. The zero-order valence-electron chi connectivity index (χ0n) is 12.6. The van der Waals surface area contributed by atoms with Crippen LogP contribution in [0.4, 0.5) is 0 Å². The van der Waals surface area contributed by atoms with Gasteiger partial charge >= 0.3 is 56.5 Å². The Kier molecular flexibility index (Phi) is 170. The molecule has 0 aliphatic heterocycles. The van der Waals surface area contributed by atoms with Crippen molar-refractivity contribution in [2.75, 3.05) is 26.2 Å². The van der Waals surface area contributed by atoms with Gasteiger partial charge in [-0.25, -0.2) is 0 Å². The van der Waals surface area contributed by atoms with Crippen LogP contribution in [0.15, 0.2) is 0 Å². The van der Waals surface area contributed by atoms with Crippen molar-refractivity contribution in [3.8, 4) is 0 Å². The maximum atomic E-state index is 7.50. The van der Waals surface area contributed by atoms with Gasteiger partial charge in [-0.15, -0.1) is 0 Å². The molecule has 6 nitrogen and oxygen atoms in total. The van der Waals surface area contributed by atoms with Gasteiger partial charge in [0.15, 0.2) is 0 Å². The molecule has 0 unspecified atom stereocenters. The fraction of sp³-hybridized carbons (Fsp3) is 0.615. The summed E-state index contributed by atoms with van der Waals surface area (Å²) in [5.41, 5.74) is 0. The predicted molar refractivity (Wildman–Crippen MR) is 62.1 cm³/mol. The summed E-state index contributed by atoms with van der Waals surface area (Å²) in [7, 11) is 0. The van der Waals surface area contributed by atoms with Crippen molar-refractivity contribution in [2.24, 2.45) is 0 Å². The van der Waals surface area contributed by atoms with E-state index in [-0.39, 0.29) is 45.0 Å². The van der Waals surface area contributed by atoms with Gasteiger partial charge in [0.2, 0.25) is 0 Å². The minimum absolute atomic E-state index is 0. The Labute approximate surface area is 159 Å². The Balaban J connectivity index is -0.0000000201. The van der Waals surface area contributed by atoms with Crippen molar-refractivity contribution in [1.82, 2.24) is 0 Å². The average Bonchev–Trinajstić information content (AvgIpc) is 2.59. The van der Waals surface area contributed by atoms with Crippen LogP contribution in [0.2, 0.25) is 0 Å². The number of halogens is 1. The van der Waals surface area contributed by atoms with E-state index in [1.807, 2.05) is 0 Å². The van der Waals surface area contributed by atoms with Gasteiger partial charge < -0.3 is 28.5 Å². The van der Waals surface area contributed by atoms with E-state index in [4.69, 9.17) is 23.3 Å². The molecule has 0 fully saturated rings. The molecular weight excluding hydrogens is 473 g/mol. The molecule has 0 aromatic heterocycles. The fourth-order valence-electron chi connectivity index (χ4n) is 1.34. The van der Waals surface area contributed by atoms with Gasteiger partial charge in [0.25, 0.3) is 0 Å². The van der Waals surface area contributed by atoms with E-state index in [1.54, 1.807) is 0 Å². The summed E-state index contributed by atoms with van der Waals surface area (Å²) in [6.45, 7) is 36.7. The Morgan fingerprint density at radius 1 is 0.524 bits per heavy atom. The van der Waals surface area contributed by atoms with Crippen LogP contribution >= 0.6 is 0 Å². The third-order valence-corrected chi connectivity index (χ3v) is 2.68. The Morgan fingerprint density at radius 2 is 0.619 bits per heavy atom. The molecule has 0 atom stereocenters. The van der Waals surface area contributed by atoms with E-state index < -0.39 is 0 Å². The van der Waals surface area contributed by atoms with E-state index in [2.05, 4.69) is 60.9 Å². The van der Waals surface area contributed by atoms with Crippen LogP contribution < -0.4 is 24.0 Å². The van der Waals surface area contributed by atoms with Gasteiger partial charge in [-0.05, 0) is 27.7 Å². The quantitative estimate of drug-likeness (QED) is 0.153. The SMILES string of the molecule is CC[N+](CC)(CC)CC.[C-]#[O+].[C-]#[O+].[C-]#[O+].[C-]#[O+].[C-]#[O+].[I-].[Mo]. The molecule has 0 aromatic rings. The second kappa shape index (κ2) is 72.0. The molecule has 0 heterocycles. The summed E-state index contributed by atoms with van der Waals surface area (Å²) in [6, 6.07) is 0. The summed E-state index contributed by atoms with van der Waals surface area (Å²) >= 11 is 0. The molecule has 0 spiro atoms. The van der Waals surface area contributed by atoms with Crippen LogP contribution in [-0.4, -0.2) is 30.7 Å². The van der Waals surface area contributed by atoms with Crippen molar-refractivity contribution in [3.05, 3.63) is 33.3 Å². The van der Waals surface area contributed by atoms with E-state index >= 15 is 0 Å². The largest absolute Gasteiger partial charge is 1.00 e. The van der Waals surface area contributed by atoms with Crippen molar-refractivity contribution < 1.29 is 72.8 Å². The maximum absolute atomic E-state index is 7.50. The third-order valence-electron chi connectivity index (χ3n) is 2.68. The van der Waals surface area contributed by atoms with Crippen LogP contribution in [0.1, 0.15) is 27.7 Å². The van der Waals surface area contributed by atoms with Crippen LogP contribution in [-0.2, 0) is 44.3 Å². The summed E-state index contributed by atoms with van der Waals surface area (Å²) in [5, 5.41) is 0. The van der Waals surface area contributed by atoms with Crippen molar-refractivity contribution in [2.45, 2.75) is 27.7 Å². The zero-order valence-corrected chi connectivity index (χ0v) is 16.8. The van der Waals surface area contributed by atoms with E-state index in [9.17, 15) is 0 Å². The topological polar surface area (TPSA) is 99.5 Å². The van der Waals surface area contributed by atoms with Crippen LogP contribution in [0, 0.1) is 33.3 Å². The van der Waals surface area contributed by atoms with Crippen LogP contribution in [0.3, 0.4) is 0 Å². The van der Waals surface area contributed by atoms with Gasteiger partial charge in [0.1, 0.15) is 0 Å². The molecule has 21 heavy (non-hydrogen) atoms. The summed E-state index contributed by atoms with van der Waals surface area (Å²) in [5.74, 6) is 0. The second-order valence-electron chi connectivity index (χ2n) is 2.61. The average molecular weight is 493 g/mol.